The number of halogens is 1. The number of benzene rings is 1. The summed E-state index contributed by atoms with van der Waals surface area (Å²) < 4.78 is 20.1. The molecule has 1 fully saturated rings. The second-order valence-electron chi connectivity index (χ2n) is 6.62. The van der Waals surface area contributed by atoms with Gasteiger partial charge in [0.15, 0.2) is 0 Å². The molecule has 3 heterocycles. The molecule has 0 aliphatic carbocycles. The molecule has 1 aliphatic rings. The zero-order valence-corrected chi connectivity index (χ0v) is 15.7. The lowest BCUT2D eigenvalue weighted by molar-refractivity contribution is -0.121. The molecule has 3 aromatic rings. The fourth-order valence-electron chi connectivity index (χ4n) is 3.12. The van der Waals surface area contributed by atoms with E-state index in [2.05, 4.69) is 15.5 Å². The number of urea groups is 1. The average Bonchev–Trinajstić information content (AvgIpc) is 3.42. The number of aryl methyl sites for hydroxylation is 1. The van der Waals surface area contributed by atoms with Crippen LogP contribution in [0.15, 0.2) is 47.1 Å². The molecule has 3 amide bonds. The number of carbonyl (C=O) groups is 2. The van der Waals surface area contributed by atoms with Crippen molar-refractivity contribution in [2.45, 2.75) is 6.54 Å². The van der Waals surface area contributed by atoms with Crippen molar-refractivity contribution in [3.8, 4) is 11.5 Å². The standard InChI is InChI=1S/C19H19FN6O3/c1-24-8-2-3-15(24)18-22-17(29-23-18)11-21-16(27)12-25-9-10-26(19(25)28)14-6-4-13(20)5-7-14/h2-8H,9-12H2,1H3,(H,21,27). The highest BCUT2D eigenvalue weighted by Gasteiger charge is 2.30. The molecule has 1 saturated heterocycles. The van der Waals surface area contributed by atoms with Gasteiger partial charge in [-0.25, -0.2) is 9.18 Å². The van der Waals surface area contributed by atoms with Crippen molar-refractivity contribution in [2.24, 2.45) is 7.05 Å². The molecule has 9 nitrogen and oxygen atoms in total. The van der Waals surface area contributed by atoms with Crippen LogP contribution < -0.4 is 10.2 Å². The molecule has 29 heavy (non-hydrogen) atoms. The van der Waals surface area contributed by atoms with Crippen LogP contribution in [-0.4, -0.2) is 51.2 Å². The van der Waals surface area contributed by atoms with Crippen LogP contribution in [0.1, 0.15) is 5.89 Å². The Morgan fingerprint density at radius 3 is 2.76 bits per heavy atom. The summed E-state index contributed by atoms with van der Waals surface area (Å²) in [5.74, 6) is 0.00696. The van der Waals surface area contributed by atoms with E-state index in [-0.39, 0.29) is 36.7 Å². The molecule has 0 spiro atoms. The van der Waals surface area contributed by atoms with E-state index in [1.54, 1.807) is 0 Å². The Bertz CT molecular complexity index is 1030. The first-order chi connectivity index (χ1) is 14.0. The lowest BCUT2D eigenvalue weighted by Crippen LogP contribution is -2.39. The van der Waals surface area contributed by atoms with Gasteiger partial charge in [-0.2, -0.15) is 4.98 Å². The fraction of sp³-hybridized carbons (Fsp3) is 0.263. The van der Waals surface area contributed by atoms with E-state index in [4.69, 9.17) is 4.52 Å². The number of nitrogens with zero attached hydrogens (tertiary/aromatic N) is 5. The Labute approximate surface area is 165 Å². The van der Waals surface area contributed by atoms with E-state index in [9.17, 15) is 14.0 Å². The van der Waals surface area contributed by atoms with Gasteiger partial charge < -0.3 is 19.3 Å². The summed E-state index contributed by atoms with van der Waals surface area (Å²) in [6.07, 6.45) is 1.87. The molecule has 4 rings (SSSR count). The van der Waals surface area contributed by atoms with E-state index >= 15 is 0 Å². The van der Waals surface area contributed by atoms with Crippen LogP contribution in [0.3, 0.4) is 0 Å². The van der Waals surface area contributed by atoms with E-state index in [1.807, 2.05) is 29.9 Å². The largest absolute Gasteiger partial charge is 0.348 e. The van der Waals surface area contributed by atoms with Crippen LogP contribution in [0.5, 0.6) is 0 Å². The van der Waals surface area contributed by atoms with E-state index in [0.717, 1.165) is 5.69 Å². The number of carbonyl (C=O) groups excluding carboxylic acids is 2. The van der Waals surface area contributed by atoms with Gasteiger partial charge in [0.05, 0.1) is 12.2 Å². The molecule has 150 valence electrons. The van der Waals surface area contributed by atoms with E-state index in [0.29, 0.717) is 24.6 Å². The first kappa shape index (κ1) is 18.7. The summed E-state index contributed by atoms with van der Waals surface area (Å²) in [4.78, 5) is 31.9. The Morgan fingerprint density at radius 1 is 1.24 bits per heavy atom. The summed E-state index contributed by atoms with van der Waals surface area (Å²) in [5.41, 5.74) is 1.40. The molecule has 0 unspecified atom stereocenters. The molecule has 1 aromatic carbocycles. The second kappa shape index (κ2) is 7.74. The van der Waals surface area contributed by atoms with Gasteiger partial charge in [0.25, 0.3) is 0 Å². The molecule has 0 atom stereocenters. The number of amides is 3. The van der Waals surface area contributed by atoms with Gasteiger partial charge in [-0.15, -0.1) is 0 Å². The van der Waals surface area contributed by atoms with Gasteiger partial charge in [0.1, 0.15) is 12.4 Å². The van der Waals surface area contributed by atoms with Crippen LogP contribution >= 0.6 is 0 Å². The maximum Gasteiger partial charge on any atom is 0.325 e. The highest BCUT2D eigenvalue weighted by molar-refractivity contribution is 5.96. The highest BCUT2D eigenvalue weighted by Crippen LogP contribution is 2.20. The first-order valence-corrected chi connectivity index (χ1v) is 9.04. The van der Waals surface area contributed by atoms with Gasteiger partial charge in [-0.1, -0.05) is 5.16 Å². The zero-order chi connectivity index (χ0) is 20.4. The van der Waals surface area contributed by atoms with Crippen LogP contribution in [-0.2, 0) is 18.4 Å². The van der Waals surface area contributed by atoms with Crippen molar-refractivity contribution < 1.29 is 18.5 Å². The number of anilines is 1. The van der Waals surface area contributed by atoms with Crippen molar-refractivity contribution in [3.63, 3.8) is 0 Å². The zero-order valence-electron chi connectivity index (χ0n) is 15.7. The van der Waals surface area contributed by atoms with Crippen molar-refractivity contribution in [3.05, 3.63) is 54.3 Å². The van der Waals surface area contributed by atoms with Crippen LogP contribution in [0.4, 0.5) is 14.9 Å². The van der Waals surface area contributed by atoms with Crippen LogP contribution in [0, 0.1) is 5.82 Å². The summed E-state index contributed by atoms with van der Waals surface area (Å²) in [6, 6.07) is 9.11. The molecule has 1 aliphatic heterocycles. The lowest BCUT2D eigenvalue weighted by Gasteiger charge is -2.18. The second-order valence-corrected chi connectivity index (χ2v) is 6.62. The quantitative estimate of drug-likeness (QED) is 0.683. The molecule has 0 saturated carbocycles. The van der Waals surface area contributed by atoms with Gasteiger partial charge in [0, 0.05) is 32.0 Å². The Hall–Kier alpha value is -3.69. The molecular weight excluding hydrogens is 379 g/mol. The average molecular weight is 398 g/mol. The normalized spacial score (nSPS) is 13.9. The van der Waals surface area contributed by atoms with Gasteiger partial charge in [-0.05, 0) is 36.4 Å². The minimum absolute atomic E-state index is 0.0694. The summed E-state index contributed by atoms with van der Waals surface area (Å²) in [5, 5.41) is 6.58. The minimum atomic E-state index is -0.368. The number of hydrogen-bond acceptors (Lipinski definition) is 5. The van der Waals surface area contributed by atoms with Crippen molar-refractivity contribution in [2.75, 3.05) is 24.5 Å². The molecule has 0 bridgehead atoms. The third-order valence-corrected chi connectivity index (χ3v) is 4.65. The van der Waals surface area contributed by atoms with E-state index in [1.165, 1.54) is 34.1 Å². The third-order valence-electron chi connectivity index (χ3n) is 4.65. The first-order valence-electron chi connectivity index (χ1n) is 9.04. The maximum absolute atomic E-state index is 13.1. The maximum atomic E-state index is 13.1. The fourth-order valence-corrected chi connectivity index (χ4v) is 3.12. The molecule has 2 aromatic heterocycles. The monoisotopic (exact) mass is 398 g/mol. The Balaban J connectivity index is 1.30. The SMILES string of the molecule is Cn1cccc1-c1noc(CNC(=O)CN2CCN(c3ccc(F)cc3)C2=O)n1. The van der Waals surface area contributed by atoms with Crippen LogP contribution in [0.2, 0.25) is 0 Å². The minimum Gasteiger partial charge on any atom is -0.348 e. The molecule has 1 N–H and O–H groups in total. The highest BCUT2D eigenvalue weighted by atomic mass is 19.1. The number of rotatable bonds is 6. The summed E-state index contributed by atoms with van der Waals surface area (Å²) in [7, 11) is 1.87. The molecular formula is C19H19FN6O3. The summed E-state index contributed by atoms with van der Waals surface area (Å²) in [6.45, 7) is 0.818. The molecule has 0 radical (unpaired) electrons. The van der Waals surface area contributed by atoms with E-state index < -0.39 is 0 Å². The van der Waals surface area contributed by atoms with Crippen molar-refractivity contribution in [1.29, 1.82) is 0 Å². The van der Waals surface area contributed by atoms with Crippen LogP contribution in [0.25, 0.3) is 11.5 Å². The summed E-state index contributed by atoms with van der Waals surface area (Å²) >= 11 is 0. The van der Waals surface area contributed by atoms with Gasteiger partial charge >= 0.3 is 6.03 Å². The predicted molar refractivity (Wildman–Crippen MR) is 101 cm³/mol. The van der Waals surface area contributed by atoms with Gasteiger partial charge in [0.2, 0.25) is 17.6 Å². The van der Waals surface area contributed by atoms with Gasteiger partial charge in [-0.3, -0.25) is 9.69 Å². The molecule has 10 heteroatoms. The third kappa shape index (κ3) is 3.96. The lowest BCUT2D eigenvalue weighted by atomic mass is 10.3. The number of aromatic nitrogens is 3. The van der Waals surface area contributed by atoms with Crippen molar-refractivity contribution in [1.82, 2.24) is 24.9 Å². The Kier molecular flexibility index (Phi) is 4.98. The van der Waals surface area contributed by atoms with Crippen molar-refractivity contribution >= 4 is 17.6 Å². The predicted octanol–water partition coefficient (Wildman–Crippen LogP) is 1.77. The number of hydrogen-bond donors (Lipinski definition) is 1. The smallest absolute Gasteiger partial charge is 0.325 e. The number of nitrogens with one attached hydrogen (secondary N) is 1. The Morgan fingerprint density at radius 2 is 2.03 bits per heavy atom. The topological polar surface area (TPSA) is 96.5 Å².